The Kier molecular flexibility index (Phi) is 2.63. The average Bonchev–Trinajstić information content (AvgIpc) is 2.71. The van der Waals surface area contributed by atoms with Crippen molar-refractivity contribution in [2.75, 3.05) is 27.2 Å². The number of fused-ring (bicyclic) bond motifs is 1. The first kappa shape index (κ1) is 11.0. The maximum absolute atomic E-state index is 4.75. The van der Waals surface area contributed by atoms with E-state index >= 15 is 0 Å². The maximum atomic E-state index is 4.75. The second kappa shape index (κ2) is 4.29. The first-order valence-electron chi connectivity index (χ1n) is 6.10. The normalized spacial score (nSPS) is 15.6. The molecule has 0 saturated carbocycles. The molecular weight excluding hydrogens is 224 g/mol. The summed E-state index contributed by atoms with van der Waals surface area (Å²) in [5.41, 5.74) is 1.89. The van der Waals surface area contributed by atoms with Crippen LogP contribution in [0.5, 0.6) is 0 Å². The van der Waals surface area contributed by atoms with Crippen molar-refractivity contribution in [1.29, 1.82) is 0 Å². The second-order valence-electron chi connectivity index (χ2n) is 4.61. The van der Waals surface area contributed by atoms with Gasteiger partial charge in [0.1, 0.15) is 0 Å². The zero-order valence-electron chi connectivity index (χ0n) is 10.7. The van der Waals surface area contributed by atoms with Crippen LogP contribution in [0, 0.1) is 0 Å². The van der Waals surface area contributed by atoms with E-state index in [1.54, 1.807) is 0 Å². The van der Waals surface area contributed by atoms with Crippen LogP contribution in [0.2, 0.25) is 0 Å². The lowest BCUT2D eigenvalue weighted by molar-refractivity contribution is 0.553. The SMILES string of the molecule is CN1CCN(C)C1=Nc1cccc2cccnc12. The van der Waals surface area contributed by atoms with Crippen molar-refractivity contribution >= 4 is 22.5 Å². The third-order valence-corrected chi connectivity index (χ3v) is 3.29. The number of rotatable bonds is 1. The number of guanidine groups is 1. The van der Waals surface area contributed by atoms with Gasteiger partial charge in [0, 0.05) is 38.8 Å². The Bertz CT molecular complexity index is 588. The van der Waals surface area contributed by atoms with E-state index in [4.69, 9.17) is 4.99 Å². The fourth-order valence-electron chi connectivity index (χ4n) is 2.25. The lowest BCUT2D eigenvalue weighted by Gasteiger charge is -2.15. The molecular formula is C14H16N4. The summed E-state index contributed by atoms with van der Waals surface area (Å²) in [4.78, 5) is 13.5. The number of pyridine rings is 1. The summed E-state index contributed by atoms with van der Waals surface area (Å²) in [5.74, 6) is 1.01. The third-order valence-electron chi connectivity index (χ3n) is 3.29. The Morgan fingerprint density at radius 1 is 1.06 bits per heavy atom. The number of aromatic nitrogens is 1. The molecule has 18 heavy (non-hydrogen) atoms. The molecule has 2 heterocycles. The molecule has 0 bridgehead atoms. The molecule has 0 amide bonds. The summed E-state index contributed by atoms with van der Waals surface area (Å²) in [5, 5.41) is 1.13. The molecule has 0 N–H and O–H groups in total. The van der Waals surface area contributed by atoms with Crippen molar-refractivity contribution in [3.63, 3.8) is 0 Å². The Labute approximate surface area is 107 Å². The van der Waals surface area contributed by atoms with Crippen molar-refractivity contribution in [3.8, 4) is 0 Å². The quantitative estimate of drug-likeness (QED) is 0.765. The minimum Gasteiger partial charge on any atom is -0.344 e. The van der Waals surface area contributed by atoms with Crippen LogP contribution in [0.3, 0.4) is 0 Å². The Morgan fingerprint density at radius 2 is 1.78 bits per heavy atom. The van der Waals surface area contributed by atoms with Gasteiger partial charge in [-0.3, -0.25) is 4.98 Å². The minimum absolute atomic E-state index is 0.934. The monoisotopic (exact) mass is 240 g/mol. The molecule has 1 aliphatic heterocycles. The first-order valence-corrected chi connectivity index (χ1v) is 6.10. The van der Waals surface area contributed by atoms with E-state index < -0.39 is 0 Å². The molecule has 1 aliphatic rings. The zero-order chi connectivity index (χ0) is 12.5. The predicted molar refractivity (Wildman–Crippen MR) is 74.1 cm³/mol. The topological polar surface area (TPSA) is 31.7 Å². The molecule has 0 unspecified atom stereocenters. The standard InChI is InChI=1S/C14H16N4/c1-17-9-10-18(2)14(17)16-12-7-3-5-11-6-4-8-15-13(11)12/h3-8H,9-10H2,1-2H3. The van der Waals surface area contributed by atoms with Gasteiger partial charge in [0.25, 0.3) is 0 Å². The number of likely N-dealkylation sites (N-methyl/N-ethyl adjacent to an activating group) is 2. The maximum Gasteiger partial charge on any atom is 0.201 e. The molecule has 3 rings (SSSR count). The summed E-state index contributed by atoms with van der Waals surface area (Å²) < 4.78 is 0. The van der Waals surface area contributed by atoms with Crippen LogP contribution < -0.4 is 0 Å². The number of para-hydroxylation sites is 1. The summed E-state index contributed by atoms with van der Waals surface area (Å²) in [6.45, 7) is 2.04. The van der Waals surface area contributed by atoms with Crippen molar-refractivity contribution in [2.45, 2.75) is 0 Å². The van der Waals surface area contributed by atoms with Gasteiger partial charge in [0.05, 0.1) is 11.2 Å². The summed E-state index contributed by atoms with van der Waals surface area (Å²) >= 11 is 0. The highest BCUT2D eigenvalue weighted by atomic mass is 15.4. The lowest BCUT2D eigenvalue weighted by atomic mass is 10.2. The van der Waals surface area contributed by atoms with Crippen LogP contribution in [0.4, 0.5) is 5.69 Å². The fraction of sp³-hybridized carbons (Fsp3) is 0.286. The van der Waals surface area contributed by atoms with Gasteiger partial charge < -0.3 is 9.80 Å². The summed E-state index contributed by atoms with van der Waals surface area (Å²) in [6, 6.07) is 10.1. The number of nitrogens with zero attached hydrogens (tertiary/aromatic N) is 4. The highest BCUT2D eigenvalue weighted by Crippen LogP contribution is 2.24. The number of hydrogen-bond donors (Lipinski definition) is 0. The van der Waals surface area contributed by atoms with Gasteiger partial charge in [-0.05, 0) is 12.1 Å². The predicted octanol–water partition coefficient (Wildman–Crippen LogP) is 2.10. The zero-order valence-corrected chi connectivity index (χ0v) is 10.7. The van der Waals surface area contributed by atoms with Gasteiger partial charge in [0.2, 0.25) is 5.96 Å². The Morgan fingerprint density at radius 3 is 2.56 bits per heavy atom. The van der Waals surface area contributed by atoms with Crippen LogP contribution >= 0.6 is 0 Å². The van der Waals surface area contributed by atoms with Crippen LogP contribution in [-0.4, -0.2) is 47.9 Å². The Hall–Kier alpha value is -2.10. The molecule has 4 heteroatoms. The van der Waals surface area contributed by atoms with Gasteiger partial charge in [-0.2, -0.15) is 0 Å². The number of hydrogen-bond acceptors (Lipinski definition) is 2. The van der Waals surface area contributed by atoms with E-state index in [1.165, 1.54) is 0 Å². The molecule has 1 fully saturated rings. The second-order valence-corrected chi connectivity index (χ2v) is 4.61. The van der Waals surface area contributed by atoms with Gasteiger partial charge in [-0.25, -0.2) is 4.99 Å². The van der Waals surface area contributed by atoms with Crippen molar-refractivity contribution in [2.24, 2.45) is 4.99 Å². The van der Waals surface area contributed by atoms with E-state index in [-0.39, 0.29) is 0 Å². The highest BCUT2D eigenvalue weighted by molar-refractivity contribution is 5.93. The molecule has 1 aromatic carbocycles. The van der Waals surface area contributed by atoms with Gasteiger partial charge in [-0.1, -0.05) is 18.2 Å². The van der Waals surface area contributed by atoms with Crippen LogP contribution in [0.25, 0.3) is 10.9 Å². The molecule has 0 radical (unpaired) electrons. The van der Waals surface area contributed by atoms with Crippen LogP contribution in [0.1, 0.15) is 0 Å². The van der Waals surface area contributed by atoms with Gasteiger partial charge in [-0.15, -0.1) is 0 Å². The van der Waals surface area contributed by atoms with Crippen molar-refractivity contribution < 1.29 is 0 Å². The minimum atomic E-state index is 0.934. The van der Waals surface area contributed by atoms with Gasteiger partial charge >= 0.3 is 0 Å². The van der Waals surface area contributed by atoms with Gasteiger partial charge in [0.15, 0.2) is 0 Å². The molecule has 4 nitrogen and oxygen atoms in total. The van der Waals surface area contributed by atoms with E-state index in [9.17, 15) is 0 Å². The fourth-order valence-corrected chi connectivity index (χ4v) is 2.25. The molecule has 1 saturated heterocycles. The average molecular weight is 240 g/mol. The largest absolute Gasteiger partial charge is 0.344 e. The molecule has 0 aliphatic carbocycles. The molecule has 0 atom stereocenters. The summed E-state index contributed by atoms with van der Waals surface area (Å²) in [7, 11) is 4.14. The molecule has 2 aromatic rings. The smallest absolute Gasteiger partial charge is 0.201 e. The molecule has 92 valence electrons. The van der Waals surface area contributed by atoms with Crippen molar-refractivity contribution in [1.82, 2.24) is 14.8 Å². The van der Waals surface area contributed by atoms with E-state index in [0.29, 0.717) is 0 Å². The van der Waals surface area contributed by atoms with E-state index in [2.05, 4.69) is 41.0 Å². The first-order chi connectivity index (χ1) is 8.75. The summed E-state index contributed by atoms with van der Waals surface area (Å²) in [6.07, 6.45) is 1.81. The highest BCUT2D eigenvalue weighted by Gasteiger charge is 2.19. The molecule has 1 aromatic heterocycles. The van der Waals surface area contributed by atoms with E-state index in [0.717, 1.165) is 35.6 Å². The van der Waals surface area contributed by atoms with Crippen LogP contribution in [-0.2, 0) is 0 Å². The third kappa shape index (κ3) is 1.79. The lowest BCUT2D eigenvalue weighted by Crippen LogP contribution is -2.27. The Balaban J connectivity index is 2.12. The number of benzene rings is 1. The van der Waals surface area contributed by atoms with Crippen molar-refractivity contribution in [3.05, 3.63) is 36.5 Å². The molecule has 0 spiro atoms. The van der Waals surface area contributed by atoms with Crippen LogP contribution in [0.15, 0.2) is 41.5 Å². The number of aliphatic imine (C=N–C) groups is 1. The van der Waals surface area contributed by atoms with E-state index in [1.807, 2.05) is 24.4 Å².